The summed E-state index contributed by atoms with van der Waals surface area (Å²) >= 11 is 3.25. The summed E-state index contributed by atoms with van der Waals surface area (Å²) in [6.45, 7) is 2.05. The molecule has 1 aliphatic rings. The summed E-state index contributed by atoms with van der Waals surface area (Å²) in [5.74, 6) is 0.539. The number of aliphatic hydroxyl groups excluding tert-OH is 1. The van der Waals surface area contributed by atoms with Crippen molar-refractivity contribution in [2.45, 2.75) is 32.3 Å². The second kappa shape index (κ2) is 4.84. The highest BCUT2D eigenvalue weighted by Gasteiger charge is 2.31. The third kappa shape index (κ3) is 2.46. The average Bonchev–Trinajstić information content (AvgIpc) is 2.54. The lowest BCUT2D eigenvalue weighted by Gasteiger charge is -2.17. The average molecular weight is 287 g/mol. The fraction of sp³-hybridized carbons (Fsp3) is 0.538. The molecule has 3 unspecified atom stereocenters. The van der Waals surface area contributed by atoms with E-state index in [4.69, 9.17) is 0 Å². The van der Waals surface area contributed by atoms with Gasteiger partial charge in [-0.15, -0.1) is 0 Å². The van der Waals surface area contributed by atoms with Gasteiger partial charge in [0.2, 0.25) is 0 Å². The van der Waals surface area contributed by atoms with E-state index in [1.165, 1.54) is 6.07 Å². The quantitative estimate of drug-likeness (QED) is 0.882. The Kier molecular flexibility index (Phi) is 3.65. The Hall–Kier alpha value is -0.410. The molecule has 0 bridgehead atoms. The molecular weight excluding hydrogens is 271 g/mol. The minimum Gasteiger partial charge on any atom is -0.393 e. The first-order valence-electron chi connectivity index (χ1n) is 5.70. The zero-order valence-electron chi connectivity index (χ0n) is 9.29. The molecule has 0 aliphatic heterocycles. The summed E-state index contributed by atoms with van der Waals surface area (Å²) < 4.78 is 14.4. The highest BCUT2D eigenvalue weighted by atomic mass is 79.9. The van der Waals surface area contributed by atoms with Crippen LogP contribution in [0.4, 0.5) is 4.39 Å². The van der Waals surface area contributed by atoms with Gasteiger partial charge >= 0.3 is 0 Å². The highest BCUT2D eigenvalue weighted by Crippen LogP contribution is 2.34. The predicted molar refractivity (Wildman–Crippen MR) is 65.7 cm³/mol. The van der Waals surface area contributed by atoms with Crippen molar-refractivity contribution in [1.82, 2.24) is 0 Å². The van der Waals surface area contributed by atoms with E-state index in [-0.39, 0.29) is 17.8 Å². The molecule has 0 radical (unpaired) electrons. The van der Waals surface area contributed by atoms with Crippen LogP contribution >= 0.6 is 15.9 Å². The van der Waals surface area contributed by atoms with Gasteiger partial charge in [-0.05, 0) is 48.8 Å². The molecule has 16 heavy (non-hydrogen) atoms. The maximum atomic E-state index is 13.6. The Morgan fingerprint density at radius 1 is 1.44 bits per heavy atom. The van der Waals surface area contributed by atoms with Gasteiger partial charge in [0.1, 0.15) is 5.82 Å². The third-order valence-corrected chi connectivity index (χ3v) is 4.17. The van der Waals surface area contributed by atoms with Gasteiger partial charge in [0.15, 0.2) is 0 Å². The van der Waals surface area contributed by atoms with Crippen LogP contribution in [0.1, 0.15) is 25.3 Å². The second-order valence-corrected chi connectivity index (χ2v) is 5.62. The minimum absolute atomic E-state index is 0.150. The highest BCUT2D eigenvalue weighted by molar-refractivity contribution is 9.10. The van der Waals surface area contributed by atoms with Crippen molar-refractivity contribution in [3.63, 3.8) is 0 Å². The van der Waals surface area contributed by atoms with Crippen LogP contribution in [0.15, 0.2) is 22.7 Å². The molecule has 1 fully saturated rings. The smallest absolute Gasteiger partial charge is 0.127 e. The van der Waals surface area contributed by atoms with Crippen molar-refractivity contribution < 1.29 is 9.50 Å². The van der Waals surface area contributed by atoms with Crippen LogP contribution in [0.5, 0.6) is 0 Å². The molecule has 1 aromatic rings. The van der Waals surface area contributed by atoms with Crippen LogP contribution in [-0.2, 0) is 6.42 Å². The normalized spacial score (nSPS) is 29.6. The topological polar surface area (TPSA) is 20.2 Å². The molecular formula is C13H16BrFO. The van der Waals surface area contributed by atoms with Gasteiger partial charge in [0, 0.05) is 4.47 Å². The SMILES string of the molecule is CC1C(O)CCC1Cc1ccc(Br)cc1F. The zero-order valence-corrected chi connectivity index (χ0v) is 10.9. The van der Waals surface area contributed by atoms with Crippen molar-refractivity contribution in [2.24, 2.45) is 11.8 Å². The molecule has 1 N–H and O–H groups in total. The summed E-state index contributed by atoms with van der Waals surface area (Å²) in [4.78, 5) is 0. The van der Waals surface area contributed by atoms with E-state index >= 15 is 0 Å². The van der Waals surface area contributed by atoms with Crippen LogP contribution < -0.4 is 0 Å². The van der Waals surface area contributed by atoms with E-state index in [2.05, 4.69) is 22.9 Å². The van der Waals surface area contributed by atoms with Gasteiger partial charge in [0.25, 0.3) is 0 Å². The Balaban J connectivity index is 2.09. The second-order valence-electron chi connectivity index (χ2n) is 4.70. The number of benzene rings is 1. The third-order valence-electron chi connectivity index (χ3n) is 3.68. The van der Waals surface area contributed by atoms with Crippen LogP contribution in [0.2, 0.25) is 0 Å². The number of rotatable bonds is 2. The Bertz CT molecular complexity index is 380. The predicted octanol–water partition coefficient (Wildman–Crippen LogP) is 3.54. The standard InChI is InChI=1S/C13H16BrFO/c1-8-9(3-5-13(8)16)6-10-2-4-11(14)7-12(10)15/h2,4,7-9,13,16H,3,5-6H2,1H3. The van der Waals surface area contributed by atoms with Crippen molar-refractivity contribution in [3.05, 3.63) is 34.1 Å². The minimum atomic E-state index is -0.205. The van der Waals surface area contributed by atoms with E-state index in [9.17, 15) is 9.50 Å². The number of aliphatic hydroxyl groups is 1. The van der Waals surface area contributed by atoms with Crippen molar-refractivity contribution in [3.8, 4) is 0 Å². The number of hydrogen-bond donors (Lipinski definition) is 1. The van der Waals surface area contributed by atoms with Gasteiger partial charge in [-0.25, -0.2) is 4.39 Å². The molecule has 0 aromatic heterocycles. The molecule has 1 aromatic carbocycles. The maximum absolute atomic E-state index is 13.6. The lowest BCUT2D eigenvalue weighted by atomic mass is 9.90. The van der Waals surface area contributed by atoms with Crippen LogP contribution in [0, 0.1) is 17.7 Å². The largest absolute Gasteiger partial charge is 0.393 e. The zero-order chi connectivity index (χ0) is 11.7. The molecule has 0 saturated heterocycles. The van der Waals surface area contributed by atoms with Crippen molar-refractivity contribution >= 4 is 15.9 Å². The molecule has 88 valence electrons. The molecule has 0 amide bonds. The molecule has 1 saturated carbocycles. The first kappa shape index (κ1) is 12.1. The molecule has 1 nitrogen and oxygen atoms in total. The van der Waals surface area contributed by atoms with Gasteiger partial charge < -0.3 is 5.11 Å². The summed E-state index contributed by atoms with van der Waals surface area (Å²) in [7, 11) is 0. The summed E-state index contributed by atoms with van der Waals surface area (Å²) in [5.41, 5.74) is 0.758. The summed E-state index contributed by atoms with van der Waals surface area (Å²) in [5, 5.41) is 9.66. The molecule has 0 heterocycles. The number of hydrogen-bond acceptors (Lipinski definition) is 1. The maximum Gasteiger partial charge on any atom is 0.127 e. The van der Waals surface area contributed by atoms with Crippen LogP contribution in [0.25, 0.3) is 0 Å². The molecule has 3 atom stereocenters. The van der Waals surface area contributed by atoms with Crippen molar-refractivity contribution in [2.75, 3.05) is 0 Å². The summed E-state index contributed by atoms with van der Waals surface area (Å²) in [6, 6.07) is 5.21. The van der Waals surface area contributed by atoms with E-state index < -0.39 is 0 Å². The van der Waals surface area contributed by atoms with E-state index in [0.29, 0.717) is 5.92 Å². The fourth-order valence-electron chi connectivity index (χ4n) is 2.48. The summed E-state index contributed by atoms with van der Waals surface area (Å²) in [6.07, 6.45) is 2.38. The van der Waals surface area contributed by atoms with Gasteiger partial charge in [-0.1, -0.05) is 28.9 Å². The van der Waals surface area contributed by atoms with Gasteiger partial charge in [-0.3, -0.25) is 0 Å². The molecule has 2 rings (SSSR count). The Morgan fingerprint density at radius 3 is 2.75 bits per heavy atom. The first-order chi connectivity index (χ1) is 7.58. The van der Waals surface area contributed by atoms with Crippen LogP contribution in [0.3, 0.4) is 0 Å². The van der Waals surface area contributed by atoms with E-state index in [0.717, 1.165) is 29.3 Å². The van der Waals surface area contributed by atoms with Gasteiger partial charge in [0.05, 0.1) is 6.10 Å². The molecule has 0 spiro atoms. The van der Waals surface area contributed by atoms with Crippen LogP contribution in [-0.4, -0.2) is 11.2 Å². The Morgan fingerprint density at radius 2 is 2.19 bits per heavy atom. The molecule has 1 aliphatic carbocycles. The number of halogens is 2. The Labute approximate surface area is 104 Å². The van der Waals surface area contributed by atoms with Crippen molar-refractivity contribution in [1.29, 1.82) is 0 Å². The first-order valence-corrected chi connectivity index (χ1v) is 6.49. The van der Waals surface area contributed by atoms with E-state index in [1.54, 1.807) is 0 Å². The fourth-order valence-corrected chi connectivity index (χ4v) is 2.82. The molecule has 3 heteroatoms. The van der Waals surface area contributed by atoms with E-state index in [1.807, 2.05) is 12.1 Å². The monoisotopic (exact) mass is 286 g/mol. The lowest BCUT2D eigenvalue weighted by Crippen LogP contribution is -2.17. The lowest BCUT2D eigenvalue weighted by molar-refractivity contribution is 0.127. The van der Waals surface area contributed by atoms with Gasteiger partial charge in [-0.2, -0.15) is 0 Å².